The van der Waals surface area contributed by atoms with Gasteiger partial charge in [0.15, 0.2) is 0 Å². The Labute approximate surface area is 122 Å². The Kier molecular flexibility index (Phi) is 4.64. The van der Waals surface area contributed by atoms with Crippen LogP contribution in [0.5, 0.6) is 0 Å². The molecule has 0 aliphatic carbocycles. The maximum Gasteiger partial charge on any atom is 0.352 e. The lowest BCUT2D eigenvalue weighted by Crippen LogP contribution is -2.48. The maximum atomic E-state index is 12.2. The molecule has 0 spiro atoms. The topological polar surface area (TPSA) is 92.0 Å². The molecule has 1 aromatic rings. The number of likely N-dealkylation sites (N-methyl/N-ethyl adjacent to an activating group) is 1. The van der Waals surface area contributed by atoms with Crippen LogP contribution in [0.15, 0.2) is 18.3 Å². The first-order valence-corrected chi connectivity index (χ1v) is 6.84. The summed E-state index contributed by atoms with van der Waals surface area (Å²) < 4.78 is 6.59. The fourth-order valence-corrected chi connectivity index (χ4v) is 2.45. The van der Waals surface area contributed by atoms with Gasteiger partial charge in [-0.3, -0.25) is 4.79 Å². The van der Waals surface area contributed by atoms with Gasteiger partial charge in [-0.2, -0.15) is 0 Å². The van der Waals surface area contributed by atoms with Crippen molar-refractivity contribution in [3.63, 3.8) is 0 Å². The van der Waals surface area contributed by atoms with Gasteiger partial charge in [-0.05, 0) is 12.1 Å². The summed E-state index contributed by atoms with van der Waals surface area (Å²) in [6.45, 7) is 1.13. The molecule has 116 valence electrons. The number of carboxylic acids is 1. The molecule has 1 fully saturated rings. The Morgan fingerprint density at radius 3 is 2.71 bits per heavy atom. The summed E-state index contributed by atoms with van der Waals surface area (Å²) in [4.78, 5) is 24.6. The van der Waals surface area contributed by atoms with Crippen LogP contribution in [0, 0.1) is 0 Å². The highest BCUT2D eigenvalue weighted by molar-refractivity contribution is 5.86. The van der Waals surface area contributed by atoms with Crippen LogP contribution >= 0.6 is 0 Å². The highest BCUT2D eigenvalue weighted by atomic mass is 16.5. The lowest BCUT2D eigenvalue weighted by molar-refractivity contribution is -0.137. The van der Waals surface area contributed by atoms with Gasteiger partial charge in [0.25, 0.3) is 0 Å². The summed E-state index contributed by atoms with van der Waals surface area (Å²) in [5.41, 5.74) is -0.851. The van der Waals surface area contributed by atoms with Gasteiger partial charge < -0.3 is 24.4 Å². The van der Waals surface area contributed by atoms with E-state index in [1.807, 2.05) is 0 Å². The quantitative estimate of drug-likeness (QED) is 0.809. The van der Waals surface area contributed by atoms with Crippen molar-refractivity contribution in [3.05, 3.63) is 24.0 Å². The number of amides is 1. The zero-order valence-corrected chi connectivity index (χ0v) is 12.0. The monoisotopic (exact) mass is 296 g/mol. The van der Waals surface area contributed by atoms with Crippen LogP contribution in [-0.4, -0.2) is 64.0 Å². The van der Waals surface area contributed by atoms with Crippen LogP contribution in [0.1, 0.15) is 23.3 Å². The fraction of sp³-hybridized carbons (Fsp3) is 0.571. The fourth-order valence-electron chi connectivity index (χ4n) is 2.45. The van der Waals surface area contributed by atoms with E-state index in [0.717, 1.165) is 0 Å². The molecule has 1 aliphatic rings. The van der Waals surface area contributed by atoms with Gasteiger partial charge >= 0.3 is 5.97 Å². The maximum absolute atomic E-state index is 12.2. The number of hydrogen-bond donors (Lipinski definition) is 2. The van der Waals surface area contributed by atoms with E-state index >= 15 is 0 Å². The van der Waals surface area contributed by atoms with Crippen molar-refractivity contribution in [2.75, 3.05) is 26.8 Å². The first-order valence-electron chi connectivity index (χ1n) is 6.84. The number of aliphatic hydroxyl groups is 1. The number of rotatable bonds is 5. The van der Waals surface area contributed by atoms with Crippen LogP contribution in [0.3, 0.4) is 0 Å². The molecule has 0 radical (unpaired) electrons. The smallest absolute Gasteiger partial charge is 0.352 e. The number of aromatic carboxylic acids is 1. The lowest BCUT2D eigenvalue weighted by Gasteiger charge is -2.35. The van der Waals surface area contributed by atoms with Crippen LogP contribution in [-0.2, 0) is 16.1 Å². The second kappa shape index (κ2) is 6.28. The molecule has 0 aromatic carbocycles. The van der Waals surface area contributed by atoms with E-state index in [9.17, 15) is 14.7 Å². The molecule has 2 heterocycles. The molecule has 1 amide bonds. The molecular formula is C14H20N2O5. The molecule has 1 saturated heterocycles. The summed E-state index contributed by atoms with van der Waals surface area (Å²) in [5, 5.41) is 19.4. The second-order valence-electron chi connectivity index (χ2n) is 5.41. The molecular weight excluding hydrogens is 276 g/mol. The molecule has 0 bridgehead atoms. The van der Waals surface area contributed by atoms with Crippen molar-refractivity contribution in [1.29, 1.82) is 0 Å². The predicted molar refractivity (Wildman–Crippen MR) is 74.0 cm³/mol. The lowest BCUT2D eigenvalue weighted by atomic mass is 9.94. The van der Waals surface area contributed by atoms with E-state index in [0.29, 0.717) is 26.1 Å². The summed E-state index contributed by atoms with van der Waals surface area (Å²) >= 11 is 0. The molecule has 0 atom stereocenters. The van der Waals surface area contributed by atoms with Gasteiger partial charge in [0.05, 0.1) is 5.60 Å². The minimum absolute atomic E-state index is 0.0578. The van der Waals surface area contributed by atoms with Crippen molar-refractivity contribution >= 4 is 11.9 Å². The predicted octanol–water partition coefficient (Wildman–Crippen LogP) is 0.186. The SMILES string of the molecule is CN(CC1(O)CCOCC1)C(=O)Cn1cccc1C(=O)O. The number of carbonyl (C=O) groups is 2. The molecule has 1 aliphatic heterocycles. The molecule has 0 saturated carbocycles. The average Bonchev–Trinajstić information content (AvgIpc) is 2.87. The summed E-state index contributed by atoms with van der Waals surface area (Å²) in [6, 6.07) is 3.03. The third kappa shape index (κ3) is 3.83. The molecule has 21 heavy (non-hydrogen) atoms. The van der Waals surface area contributed by atoms with E-state index < -0.39 is 11.6 Å². The van der Waals surface area contributed by atoms with Crippen LogP contribution in [0.25, 0.3) is 0 Å². The van der Waals surface area contributed by atoms with Crippen LogP contribution < -0.4 is 0 Å². The minimum Gasteiger partial charge on any atom is -0.477 e. The summed E-state index contributed by atoms with van der Waals surface area (Å²) in [6.07, 6.45) is 2.54. The van der Waals surface area contributed by atoms with Gasteiger partial charge in [0.2, 0.25) is 5.91 Å². The number of carboxylic acid groups (broad SMARTS) is 1. The third-order valence-electron chi connectivity index (χ3n) is 3.74. The third-order valence-corrected chi connectivity index (χ3v) is 3.74. The summed E-state index contributed by atoms with van der Waals surface area (Å²) in [7, 11) is 1.61. The Morgan fingerprint density at radius 1 is 1.43 bits per heavy atom. The van der Waals surface area contributed by atoms with E-state index in [4.69, 9.17) is 9.84 Å². The highest BCUT2D eigenvalue weighted by Crippen LogP contribution is 2.21. The second-order valence-corrected chi connectivity index (χ2v) is 5.41. The van der Waals surface area contributed by atoms with E-state index in [2.05, 4.69) is 0 Å². The molecule has 7 nitrogen and oxygen atoms in total. The Morgan fingerprint density at radius 2 is 2.10 bits per heavy atom. The number of carbonyl (C=O) groups excluding carboxylic acids is 1. The van der Waals surface area contributed by atoms with Crippen LogP contribution in [0.2, 0.25) is 0 Å². The molecule has 0 unspecified atom stereocenters. The molecule has 1 aromatic heterocycles. The number of ether oxygens (including phenoxy) is 1. The van der Waals surface area contributed by atoms with Gasteiger partial charge in [-0.1, -0.05) is 0 Å². The number of nitrogens with zero attached hydrogens (tertiary/aromatic N) is 2. The average molecular weight is 296 g/mol. The molecule has 7 heteroatoms. The zero-order chi connectivity index (χ0) is 15.5. The van der Waals surface area contributed by atoms with Crippen molar-refractivity contribution in [3.8, 4) is 0 Å². The molecule has 2 N–H and O–H groups in total. The van der Waals surface area contributed by atoms with Crippen molar-refractivity contribution in [1.82, 2.24) is 9.47 Å². The van der Waals surface area contributed by atoms with Crippen molar-refractivity contribution in [2.24, 2.45) is 0 Å². The van der Waals surface area contributed by atoms with Gasteiger partial charge in [-0.15, -0.1) is 0 Å². The van der Waals surface area contributed by atoms with Crippen LogP contribution in [0.4, 0.5) is 0 Å². The first kappa shape index (κ1) is 15.5. The van der Waals surface area contributed by atoms with E-state index in [-0.39, 0.29) is 24.7 Å². The molecule has 2 rings (SSSR count). The number of aromatic nitrogens is 1. The van der Waals surface area contributed by atoms with E-state index in [1.165, 1.54) is 15.5 Å². The minimum atomic E-state index is -1.07. The largest absolute Gasteiger partial charge is 0.477 e. The normalized spacial score (nSPS) is 17.4. The van der Waals surface area contributed by atoms with Crippen molar-refractivity contribution < 1.29 is 24.5 Å². The van der Waals surface area contributed by atoms with E-state index in [1.54, 1.807) is 19.3 Å². The zero-order valence-electron chi connectivity index (χ0n) is 12.0. The Balaban J connectivity index is 1.96. The number of hydrogen-bond acceptors (Lipinski definition) is 4. The first-order chi connectivity index (χ1) is 9.91. The summed E-state index contributed by atoms with van der Waals surface area (Å²) in [5.74, 6) is -1.31. The Hall–Kier alpha value is -1.86. The standard InChI is InChI=1S/C14H20N2O5/c1-15(10-14(20)4-7-21-8-5-14)12(17)9-16-6-2-3-11(16)13(18)19/h2-3,6,20H,4-5,7-10H2,1H3,(H,18,19). The van der Waals surface area contributed by atoms with Crippen molar-refractivity contribution in [2.45, 2.75) is 25.0 Å². The Bertz CT molecular complexity index is 519. The highest BCUT2D eigenvalue weighted by Gasteiger charge is 2.32. The van der Waals surface area contributed by atoms with Gasteiger partial charge in [0.1, 0.15) is 12.2 Å². The van der Waals surface area contributed by atoms with Gasteiger partial charge in [0, 0.05) is 45.8 Å². The van der Waals surface area contributed by atoms with Gasteiger partial charge in [-0.25, -0.2) is 4.79 Å².